The Morgan fingerprint density at radius 1 is 1.05 bits per heavy atom. The van der Waals surface area contributed by atoms with Gasteiger partial charge in [-0.05, 0) is 87.6 Å². The largest absolute Gasteiger partial charge is 0.496 e. The van der Waals surface area contributed by atoms with Crippen molar-refractivity contribution in [3.63, 3.8) is 0 Å². The summed E-state index contributed by atoms with van der Waals surface area (Å²) in [6.07, 6.45) is 6.26. The maximum absolute atomic E-state index is 15.1. The molecule has 2 aromatic rings. The molecule has 0 aromatic heterocycles. The molecule has 0 bridgehead atoms. The van der Waals surface area contributed by atoms with Crippen LogP contribution < -0.4 is 24.8 Å². The van der Waals surface area contributed by atoms with E-state index in [1.807, 2.05) is 19.1 Å². The summed E-state index contributed by atoms with van der Waals surface area (Å²) in [5.74, 6) is -3.02. The molecule has 5 amide bonds. The molecule has 59 heavy (non-hydrogen) atoms. The molecule has 5 aliphatic rings. The number of carbonyl (C=O) groups is 4. The first-order valence-corrected chi connectivity index (χ1v) is 23.7. The zero-order valence-corrected chi connectivity index (χ0v) is 35.5. The number of hydrogen-bond acceptors (Lipinski definition) is 10. The van der Waals surface area contributed by atoms with E-state index in [0.717, 1.165) is 6.42 Å². The molecular formula is C41H54FN5O10S2. The highest BCUT2D eigenvalue weighted by molar-refractivity contribution is 7.91. The van der Waals surface area contributed by atoms with Crippen LogP contribution in [0.15, 0.2) is 42.5 Å². The van der Waals surface area contributed by atoms with Gasteiger partial charge < -0.3 is 29.9 Å². The molecule has 18 heteroatoms. The van der Waals surface area contributed by atoms with E-state index in [0.29, 0.717) is 48.6 Å². The van der Waals surface area contributed by atoms with E-state index in [-0.39, 0.29) is 61.6 Å². The lowest BCUT2D eigenvalue weighted by molar-refractivity contribution is -0.142. The van der Waals surface area contributed by atoms with E-state index in [4.69, 9.17) is 9.47 Å². The number of hydrogen-bond donors (Lipinski definition) is 3. The molecule has 2 aliphatic carbocycles. The molecule has 2 saturated heterocycles. The number of carbonyl (C=O) groups excluding carboxylic acids is 4. The topological polar surface area (TPSA) is 198 Å². The number of benzene rings is 2. The zero-order chi connectivity index (χ0) is 42.5. The number of nitrogens with zero attached hydrogens (tertiary/aromatic N) is 2. The van der Waals surface area contributed by atoms with Crippen LogP contribution in [0.25, 0.3) is 10.8 Å². The number of nitrogens with one attached hydrogen (secondary N) is 3. The first kappa shape index (κ1) is 42.7. The van der Waals surface area contributed by atoms with Gasteiger partial charge in [-0.3, -0.25) is 19.1 Å². The summed E-state index contributed by atoms with van der Waals surface area (Å²) < 4.78 is 78.6. The van der Waals surface area contributed by atoms with Crippen LogP contribution in [0.3, 0.4) is 0 Å². The molecule has 0 radical (unpaired) electrons. The number of rotatable bonds is 8. The molecule has 15 nitrogen and oxygen atoms in total. The number of fused-ring (bicyclic) bond motifs is 3. The highest BCUT2D eigenvalue weighted by atomic mass is 32.2. The van der Waals surface area contributed by atoms with Gasteiger partial charge in [-0.1, -0.05) is 32.4 Å². The van der Waals surface area contributed by atoms with Gasteiger partial charge in [0.05, 0.1) is 29.9 Å². The van der Waals surface area contributed by atoms with Gasteiger partial charge >= 0.3 is 6.03 Å². The second-order valence-electron chi connectivity index (χ2n) is 17.2. The Hall–Kier alpha value is -4.45. The second kappa shape index (κ2) is 16.2. The van der Waals surface area contributed by atoms with Gasteiger partial charge in [-0.25, -0.2) is 26.0 Å². The Morgan fingerprint density at radius 2 is 1.76 bits per heavy atom. The number of amides is 5. The lowest BCUT2D eigenvalue weighted by Crippen LogP contribution is -2.60. The maximum atomic E-state index is 15.1. The van der Waals surface area contributed by atoms with Gasteiger partial charge in [0.1, 0.15) is 41.0 Å². The fourth-order valence-electron chi connectivity index (χ4n) is 8.68. The van der Waals surface area contributed by atoms with Crippen molar-refractivity contribution < 1.29 is 49.9 Å². The first-order chi connectivity index (χ1) is 27.9. The maximum Gasteiger partial charge on any atom is 0.318 e. The Balaban J connectivity index is 1.24. The molecule has 322 valence electrons. The Morgan fingerprint density at radius 3 is 2.44 bits per heavy atom. The van der Waals surface area contributed by atoms with Gasteiger partial charge in [0.25, 0.3) is 5.91 Å². The minimum Gasteiger partial charge on any atom is -0.496 e. The number of allylic oxidation sites excluding steroid dienone is 1. The minimum atomic E-state index is -4.05. The van der Waals surface area contributed by atoms with Crippen LogP contribution in [0.4, 0.5) is 9.18 Å². The average molecular weight is 860 g/mol. The van der Waals surface area contributed by atoms with E-state index >= 15 is 4.79 Å². The van der Waals surface area contributed by atoms with Gasteiger partial charge in [-0.15, -0.1) is 0 Å². The van der Waals surface area contributed by atoms with E-state index in [2.05, 4.69) is 22.3 Å². The molecule has 2 aromatic carbocycles. The van der Waals surface area contributed by atoms with Crippen molar-refractivity contribution in [2.45, 2.75) is 101 Å². The number of sulfonamides is 1. The summed E-state index contributed by atoms with van der Waals surface area (Å²) in [4.78, 5) is 60.3. The summed E-state index contributed by atoms with van der Waals surface area (Å²) in [6, 6.07) is 4.54. The summed E-state index contributed by atoms with van der Waals surface area (Å²) in [6.45, 7) is 5.36. The third-order valence-corrected chi connectivity index (χ3v) is 16.7. The van der Waals surface area contributed by atoms with E-state index in [1.165, 1.54) is 29.0 Å². The van der Waals surface area contributed by atoms with Gasteiger partial charge in [0.2, 0.25) is 21.8 Å². The summed E-state index contributed by atoms with van der Waals surface area (Å²) >= 11 is 0. The molecule has 3 N–H and O–H groups in total. The Kier molecular flexibility index (Phi) is 11.7. The molecule has 2 saturated carbocycles. The highest BCUT2D eigenvalue weighted by Gasteiger charge is 2.63. The summed E-state index contributed by atoms with van der Waals surface area (Å²) in [7, 11) is -5.86. The molecule has 7 atom stereocenters. The number of sulfone groups is 1. The standard InChI is InChI=1S/C41H54FN5O10S2/c1-5-26-20-25(2)8-6-7-9-27-23-41(27,38(50)45-59(54,55)40(3)14-15-40)44-36(48)32-22-29(57-34-13-12-33(56-4)30-11-10-28(42)21-31(30)34)24-47(32)37(49)35(26)43-39(51)46-16-18-58(52,53)19-17-46/h7,9-13,21,25-27,29,32,35H,5-6,8,14-20,22-24H2,1-4H3,(H,43,51)(H,44,48)(H,45,50)/b9-7-/t25-,26-,27-,29-,32+,35+,41-/m1/s1. The highest BCUT2D eigenvalue weighted by Crippen LogP contribution is 2.48. The average Bonchev–Trinajstić information content (AvgIpc) is 4.07. The van der Waals surface area contributed by atoms with Crippen LogP contribution in [-0.2, 0) is 34.2 Å². The van der Waals surface area contributed by atoms with E-state index in [1.54, 1.807) is 25.1 Å². The SMILES string of the molecule is CC[C@@H]1C[C@H](C)CC/C=C\[C@@H]2C[C@@]2(C(=O)NS(=O)(=O)C2(C)CC2)NC(=O)[C@@H]2C[C@@H](Oc3ccc(OC)c4ccc(F)cc34)CN2C(=O)[C@H]1NC(=O)N1CCS(=O)(=O)CC1. The fourth-order valence-corrected chi connectivity index (χ4v) is 11.2. The zero-order valence-electron chi connectivity index (χ0n) is 33.9. The fraction of sp³-hybridized carbons (Fsp3) is 0.610. The van der Waals surface area contributed by atoms with Crippen molar-refractivity contribution in [1.29, 1.82) is 0 Å². The van der Waals surface area contributed by atoms with Crippen molar-refractivity contribution in [1.82, 2.24) is 25.2 Å². The van der Waals surface area contributed by atoms with Crippen molar-refractivity contribution in [2.24, 2.45) is 17.8 Å². The molecule has 3 aliphatic heterocycles. The number of urea groups is 1. The molecule has 4 fully saturated rings. The van der Waals surface area contributed by atoms with Crippen LogP contribution in [0.1, 0.15) is 72.1 Å². The molecule has 3 heterocycles. The third-order valence-electron chi connectivity index (χ3n) is 12.9. The predicted octanol–water partition coefficient (Wildman–Crippen LogP) is 3.42. The monoisotopic (exact) mass is 859 g/mol. The number of methoxy groups -OCH3 is 1. The Labute approximate surface area is 344 Å². The lowest BCUT2D eigenvalue weighted by Gasteiger charge is -2.36. The van der Waals surface area contributed by atoms with Crippen LogP contribution in [0.2, 0.25) is 0 Å². The molecule has 0 unspecified atom stereocenters. The van der Waals surface area contributed by atoms with Crippen molar-refractivity contribution in [3.05, 3.63) is 48.3 Å². The molecular weight excluding hydrogens is 806 g/mol. The van der Waals surface area contributed by atoms with Crippen molar-refractivity contribution >= 4 is 54.4 Å². The number of ether oxygens (including phenoxy) is 2. The Bertz CT molecular complexity index is 2250. The van der Waals surface area contributed by atoms with Crippen LogP contribution in [0.5, 0.6) is 11.5 Å². The first-order valence-electron chi connectivity index (χ1n) is 20.4. The summed E-state index contributed by atoms with van der Waals surface area (Å²) in [5.41, 5.74) is -1.59. The van der Waals surface area contributed by atoms with Crippen molar-refractivity contribution in [2.75, 3.05) is 38.2 Å². The smallest absolute Gasteiger partial charge is 0.318 e. The van der Waals surface area contributed by atoms with Crippen LogP contribution in [0, 0.1) is 23.6 Å². The van der Waals surface area contributed by atoms with Crippen LogP contribution in [-0.4, -0.2) is 117 Å². The van der Waals surface area contributed by atoms with E-state index < -0.39 is 83.8 Å². The third kappa shape index (κ3) is 8.75. The molecule has 0 spiro atoms. The van der Waals surface area contributed by atoms with Crippen LogP contribution >= 0.6 is 0 Å². The van der Waals surface area contributed by atoms with Crippen molar-refractivity contribution in [3.8, 4) is 11.5 Å². The molecule has 7 rings (SSSR count). The second-order valence-corrected chi connectivity index (χ2v) is 21.7. The van der Waals surface area contributed by atoms with E-state index in [9.17, 15) is 35.6 Å². The quantitative estimate of drug-likeness (QED) is 0.331. The number of halogens is 1. The van der Waals surface area contributed by atoms with Gasteiger partial charge in [0.15, 0.2) is 9.84 Å². The predicted molar refractivity (Wildman–Crippen MR) is 217 cm³/mol. The minimum absolute atomic E-state index is 0.0319. The van der Waals surface area contributed by atoms with Gasteiger partial charge in [-0.2, -0.15) is 0 Å². The summed E-state index contributed by atoms with van der Waals surface area (Å²) in [5, 5.41) is 6.80. The van der Waals surface area contributed by atoms with Gasteiger partial charge in [0, 0.05) is 36.2 Å². The normalized spacial score (nSPS) is 31.1. The lowest BCUT2D eigenvalue weighted by atomic mass is 9.85.